The van der Waals surface area contributed by atoms with E-state index in [-0.39, 0.29) is 17.8 Å². The first-order chi connectivity index (χ1) is 14.5. The van der Waals surface area contributed by atoms with Crippen molar-refractivity contribution in [3.05, 3.63) is 65.5 Å². The Bertz CT molecular complexity index is 985. The Morgan fingerprint density at radius 1 is 1.13 bits per heavy atom. The van der Waals surface area contributed by atoms with Crippen molar-refractivity contribution < 1.29 is 9.53 Å². The van der Waals surface area contributed by atoms with E-state index in [1.54, 1.807) is 0 Å². The lowest BCUT2D eigenvalue weighted by Gasteiger charge is -2.16. The van der Waals surface area contributed by atoms with Crippen LogP contribution in [0.25, 0.3) is 0 Å². The zero-order valence-corrected chi connectivity index (χ0v) is 18.7. The van der Waals surface area contributed by atoms with Gasteiger partial charge in [-0.1, -0.05) is 49.0 Å². The Balaban J connectivity index is 1.62. The molecule has 0 spiro atoms. The summed E-state index contributed by atoms with van der Waals surface area (Å²) in [6, 6.07) is 15.8. The van der Waals surface area contributed by atoms with Crippen LogP contribution in [0.2, 0.25) is 0 Å². The number of para-hydroxylation sites is 1. The van der Waals surface area contributed by atoms with Crippen LogP contribution in [0.15, 0.2) is 53.7 Å². The number of aryl methyl sites for hydroxylation is 2. The summed E-state index contributed by atoms with van der Waals surface area (Å²) in [7, 11) is 0. The Morgan fingerprint density at radius 2 is 1.87 bits per heavy atom. The number of nitrogens with one attached hydrogen (secondary N) is 1. The summed E-state index contributed by atoms with van der Waals surface area (Å²) in [6.45, 7) is 8.80. The molecule has 30 heavy (non-hydrogen) atoms. The summed E-state index contributed by atoms with van der Waals surface area (Å²) in [5, 5.41) is 12.3. The van der Waals surface area contributed by atoms with Crippen LogP contribution in [0.1, 0.15) is 43.8 Å². The van der Waals surface area contributed by atoms with Crippen molar-refractivity contribution in [2.45, 2.75) is 51.9 Å². The monoisotopic (exact) mass is 424 g/mol. The molecule has 1 amide bonds. The van der Waals surface area contributed by atoms with Gasteiger partial charge in [0.05, 0.1) is 5.75 Å². The first-order valence-corrected chi connectivity index (χ1v) is 11.2. The number of thioether (sulfide) groups is 1. The highest BCUT2D eigenvalue weighted by molar-refractivity contribution is 7.99. The molecule has 0 saturated heterocycles. The molecule has 1 atom stereocenters. The third kappa shape index (κ3) is 5.42. The molecular formula is C23H28N4O2S. The van der Waals surface area contributed by atoms with Crippen molar-refractivity contribution in [2.75, 3.05) is 11.1 Å². The van der Waals surface area contributed by atoms with Gasteiger partial charge < -0.3 is 14.6 Å². The van der Waals surface area contributed by atoms with Gasteiger partial charge in [0.15, 0.2) is 17.1 Å². The summed E-state index contributed by atoms with van der Waals surface area (Å²) in [6.07, 6.45) is 0.748. The van der Waals surface area contributed by atoms with E-state index in [1.165, 1.54) is 17.3 Å². The number of carbonyl (C=O) groups excluding carboxylic acids is 1. The summed E-state index contributed by atoms with van der Waals surface area (Å²) in [5.74, 6) is 1.75. The summed E-state index contributed by atoms with van der Waals surface area (Å²) in [4.78, 5) is 12.4. The van der Waals surface area contributed by atoms with E-state index in [0.717, 1.165) is 29.2 Å². The van der Waals surface area contributed by atoms with Crippen LogP contribution < -0.4 is 10.1 Å². The molecule has 0 saturated carbocycles. The van der Waals surface area contributed by atoms with E-state index >= 15 is 0 Å². The average molecular weight is 425 g/mol. The van der Waals surface area contributed by atoms with Crippen molar-refractivity contribution in [3.63, 3.8) is 0 Å². The number of hydrogen-bond acceptors (Lipinski definition) is 5. The number of hydrogen-bond donors (Lipinski definition) is 1. The topological polar surface area (TPSA) is 69.0 Å². The van der Waals surface area contributed by atoms with Crippen LogP contribution in [-0.4, -0.2) is 26.4 Å². The standard InChI is InChI=1S/C23H28N4O2S/c1-5-18-11-13-19(14-12-18)29-17(4)22-25-26-23(27(22)6-2)30-15-21(28)24-20-10-8-7-9-16(20)3/h7-14,17H,5-6,15H2,1-4H3,(H,24,28)/t17-/m1/s1. The second-order valence-electron chi connectivity index (χ2n) is 6.99. The molecule has 0 bridgehead atoms. The van der Waals surface area contributed by atoms with Gasteiger partial charge in [0.25, 0.3) is 0 Å². The molecule has 3 rings (SSSR count). The highest BCUT2D eigenvalue weighted by Crippen LogP contribution is 2.25. The molecule has 2 aromatic carbocycles. The lowest BCUT2D eigenvalue weighted by Crippen LogP contribution is -2.16. The number of amides is 1. The van der Waals surface area contributed by atoms with E-state index in [4.69, 9.17) is 4.74 Å². The Labute approximate surface area is 182 Å². The van der Waals surface area contributed by atoms with Gasteiger partial charge in [0, 0.05) is 12.2 Å². The number of nitrogens with zero attached hydrogens (tertiary/aromatic N) is 3. The second-order valence-corrected chi connectivity index (χ2v) is 7.94. The van der Waals surface area contributed by atoms with Crippen LogP contribution in [0.3, 0.4) is 0 Å². The van der Waals surface area contributed by atoms with E-state index in [2.05, 4.69) is 34.6 Å². The van der Waals surface area contributed by atoms with Gasteiger partial charge in [-0.05, 0) is 56.5 Å². The maximum atomic E-state index is 12.4. The molecule has 0 aliphatic heterocycles. The zero-order chi connectivity index (χ0) is 21.5. The largest absolute Gasteiger partial charge is 0.483 e. The highest BCUT2D eigenvalue weighted by atomic mass is 32.2. The van der Waals surface area contributed by atoms with E-state index in [1.807, 2.05) is 61.7 Å². The number of aromatic nitrogens is 3. The molecule has 0 aliphatic carbocycles. The van der Waals surface area contributed by atoms with E-state index in [0.29, 0.717) is 11.7 Å². The quantitative estimate of drug-likeness (QED) is 0.487. The molecule has 0 unspecified atom stereocenters. The normalized spacial score (nSPS) is 11.9. The van der Waals surface area contributed by atoms with Crippen molar-refractivity contribution in [2.24, 2.45) is 0 Å². The zero-order valence-electron chi connectivity index (χ0n) is 17.9. The van der Waals surface area contributed by atoms with Gasteiger partial charge in [-0.2, -0.15) is 0 Å². The van der Waals surface area contributed by atoms with Crippen LogP contribution >= 0.6 is 11.8 Å². The lowest BCUT2D eigenvalue weighted by atomic mass is 10.2. The first kappa shape index (κ1) is 21.9. The molecule has 158 valence electrons. The summed E-state index contributed by atoms with van der Waals surface area (Å²) < 4.78 is 8.06. The maximum absolute atomic E-state index is 12.4. The van der Waals surface area contributed by atoms with Gasteiger partial charge in [-0.3, -0.25) is 4.79 Å². The Kier molecular flexibility index (Phi) is 7.52. The molecule has 1 N–H and O–H groups in total. The first-order valence-electron chi connectivity index (χ1n) is 10.2. The minimum Gasteiger partial charge on any atom is -0.483 e. The fourth-order valence-electron chi connectivity index (χ4n) is 3.09. The van der Waals surface area contributed by atoms with Crippen molar-refractivity contribution >= 4 is 23.4 Å². The maximum Gasteiger partial charge on any atom is 0.234 e. The van der Waals surface area contributed by atoms with Gasteiger partial charge in [0.2, 0.25) is 5.91 Å². The number of benzene rings is 2. The lowest BCUT2D eigenvalue weighted by molar-refractivity contribution is -0.113. The van der Waals surface area contributed by atoms with Gasteiger partial charge in [-0.15, -0.1) is 10.2 Å². The van der Waals surface area contributed by atoms with Gasteiger partial charge in [-0.25, -0.2) is 0 Å². The van der Waals surface area contributed by atoms with Gasteiger partial charge >= 0.3 is 0 Å². The Hall–Kier alpha value is -2.80. The van der Waals surface area contributed by atoms with E-state index in [9.17, 15) is 4.79 Å². The minimum absolute atomic E-state index is 0.0678. The number of carbonyl (C=O) groups is 1. The fourth-order valence-corrected chi connectivity index (χ4v) is 3.90. The molecule has 0 radical (unpaired) electrons. The molecule has 0 aliphatic rings. The predicted molar refractivity (Wildman–Crippen MR) is 121 cm³/mol. The SMILES string of the molecule is CCc1ccc(O[C@H](C)c2nnc(SCC(=O)Nc3ccccc3C)n2CC)cc1. The number of ether oxygens (including phenoxy) is 1. The molecule has 0 fully saturated rings. The second kappa shape index (κ2) is 10.3. The van der Waals surface area contributed by atoms with Crippen LogP contribution in [0.5, 0.6) is 5.75 Å². The van der Waals surface area contributed by atoms with Crippen molar-refractivity contribution in [1.29, 1.82) is 0 Å². The molecular weight excluding hydrogens is 396 g/mol. The third-order valence-electron chi connectivity index (χ3n) is 4.82. The molecule has 3 aromatic rings. The average Bonchev–Trinajstić information content (AvgIpc) is 3.17. The minimum atomic E-state index is -0.250. The molecule has 7 heteroatoms. The molecule has 6 nitrogen and oxygen atoms in total. The molecule has 1 aromatic heterocycles. The smallest absolute Gasteiger partial charge is 0.234 e. The van der Waals surface area contributed by atoms with Gasteiger partial charge in [0.1, 0.15) is 5.75 Å². The summed E-state index contributed by atoms with van der Waals surface area (Å²) >= 11 is 1.38. The van der Waals surface area contributed by atoms with Crippen LogP contribution in [0, 0.1) is 6.92 Å². The van der Waals surface area contributed by atoms with Crippen molar-refractivity contribution in [3.8, 4) is 5.75 Å². The highest BCUT2D eigenvalue weighted by Gasteiger charge is 2.19. The third-order valence-corrected chi connectivity index (χ3v) is 5.79. The van der Waals surface area contributed by atoms with E-state index < -0.39 is 0 Å². The summed E-state index contributed by atoms with van der Waals surface area (Å²) in [5.41, 5.74) is 3.14. The Morgan fingerprint density at radius 3 is 2.53 bits per heavy atom. The van der Waals surface area contributed by atoms with Crippen LogP contribution in [-0.2, 0) is 17.8 Å². The van der Waals surface area contributed by atoms with Crippen LogP contribution in [0.4, 0.5) is 5.69 Å². The fraction of sp³-hybridized carbons (Fsp3) is 0.348. The molecule has 1 heterocycles. The van der Waals surface area contributed by atoms with Crippen molar-refractivity contribution in [1.82, 2.24) is 14.8 Å². The number of anilines is 1. The predicted octanol–water partition coefficient (Wildman–Crippen LogP) is 5.04. The number of rotatable bonds is 9.